The summed E-state index contributed by atoms with van der Waals surface area (Å²) >= 11 is 2.51. The van der Waals surface area contributed by atoms with Crippen molar-refractivity contribution < 1.29 is 59.4 Å². The van der Waals surface area contributed by atoms with Gasteiger partial charge in [0.05, 0.1) is 11.7 Å². The maximum atomic E-state index is 12.8. The van der Waals surface area contributed by atoms with Gasteiger partial charge in [-0.3, -0.25) is 14.5 Å². The summed E-state index contributed by atoms with van der Waals surface area (Å²) in [5, 5.41) is 46.9. The summed E-state index contributed by atoms with van der Waals surface area (Å²) < 4.78 is 1.44. The predicted molar refractivity (Wildman–Crippen MR) is 113 cm³/mol. The molecule has 2 aliphatic rings. The number of oxime groups is 1. The van der Waals surface area contributed by atoms with Gasteiger partial charge in [-0.15, -0.1) is 16.9 Å². The zero-order valence-corrected chi connectivity index (χ0v) is 21.5. The quantitative estimate of drug-likeness (QED) is 0.0806. The third kappa shape index (κ3) is 4.93. The number of aliphatic carboxylic acids is 1. The number of carbonyl (C=O) groups is 3. The van der Waals surface area contributed by atoms with E-state index in [1.165, 1.54) is 52.5 Å². The van der Waals surface area contributed by atoms with Gasteiger partial charge in [0, 0.05) is 24.1 Å². The van der Waals surface area contributed by atoms with Crippen molar-refractivity contribution >= 4 is 47.0 Å². The normalized spacial score (nSPS) is 19.7. The van der Waals surface area contributed by atoms with Crippen LogP contribution in [0.2, 0.25) is 0 Å². The Hall–Kier alpha value is -2.59. The zero-order chi connectivity index (χ0) is 23.7. The first-order valence-electron chi connectivity index (χ1n) is 9.37. The van der Waals surface area contributed by atoms with Gasteiger partial charge in [0.15, 0.2) is 5.71 Å². The number of phenolic OH excluding ortho intramolecular Hbond substituents is 1. The number of hydrogen-bond donors (Lipinski definition) is 3. The average molecular weight is 513 g/mol. The molecule has 13 nitrogen and oxygen atoms in total. The number of nitrogens with zero attached hydrogens (tertiary/aromatic N) is 6. The second-order valence-corrected chi connectivity index (χ2v) is 9.02. The van der Waals surface area contributed by atoms with Crippen LogP contribution in [0.15, 0.2) is 45.8 Å². The number of carbonyl (C=O) groups excluding carboxylic acids is 3. The van der Waals surface area contributed by atoms with Crippen LogP contribution in [0.25, 0.3) is 0 Å². The van der Waals surface area contributed by atoms with Crippen LogP contribution in [-0.4, -0.2) is 81.8 Å². The summed E-state index contributed by atoms with van der Waals surface area (Å²) in [5.74, 6) is -2.44. The molecule has 172 valence electrons. The van der Waals surface area contributed by atoms with Crippen LogP contribution in [0.5, 0.6) is 5.75 Å². The number of amides is 2. The van der Waals surface area contributed by atoms with Crippen molar-refractivity contribution in [1.82, 2.24) is 30.4 Å². The molecule has 4 rings (SSSR count). The monoisotopic (exact) mass is 513 g/mol. The third-order valence-electron chi connectivity index (χ3n) is 4.94. The van der Waals surface area contributed by atoms with Crippen molar-refractivity contribution in [2.75, 3.05) is 11.5 Å². The van der Waals surface area contributed by atoms with E-state index in [0.29, 0.717) is 16.5 Å². The first-order chi connectivity index (χ1) is 15.8. The molecule has 1 unspecified atom stereocenters. The number of carboxylic acids is 1. The summed E-state index contributed by atoms with van der Waals surface area (Å²) in [5.41, 5.74) is 0.114. The summed E-state index contributed by atoms with van der Waals surface area (Å²) in [6.45, 7) is 0. The van der Waals surface area contributed by atoms with Crippen molar-refractivity contribution in [1.29, 1.82) is 0 Å². The average Bonchev–Trinajstić information content (AvgIpc) is 3.21. The SMILES string of the molecule is Cn1nnnc1SCC1=C(C(=O)[O-])N2C(=O)C(NC(=O)C(=NO)c3ccc(O)cc3)[C@@H]2SC1.[Na+]. The van der Waals surface area contributed by atoms with Crippen LogP contribution in [-0.2, 0) is 21.4 Å². The summed E-state index contributed by atoms with van der Waals surface area (Å²) in [6, 6.07) is 4.37. The molecule has 3 heterocycles. The molecule has 0 radical (unpaired) electrons. The number of phenols is 1. The molecule has 1 aromatic heterocycles. The topological polar surface area (TPSA) is 186 Å². The minimum Gasteiger partial charge on any atom is -0.543 e. The van der Waals surface area contributed by atoms with Crippen molar-refractivity contribution in [3.63, 3.8) is 0 Å². The van der Waals surface area contributed by atoms with Gasteiger partial charge in [-0.1, -0.05) is 16.9 Å². The third-order valence-corrected chi connectivity index (χ3v) is 7.38. The van der Waals surface area contributed by atoms with E-state index in [1.807, 2.05) is 0 Å². The molecular weight excluding hydrogens is 497 g/mol. The van der Waals surface area contributed by atoms with Gasteiger partial charge in [0.25, 0.3) is 11.8 Å². The summed E-state index contributed by atoms with van der Waals surface area (Å²) in [6.07, 6.45) is 0. The number of fused-ring (bicyclic) bond motifs is 1. The zero-order valence-electron chi connectivity index (χ0n) is 17.9. The van der Waals surface area contributed by atoms with E-state index in [1.54, 1.807) is 7.05 Å². The molecule has 0 bridgehead atoms. The van der Waals surface area contributed by atoms with Crippen LogP contribution < -0.4 is 40.0 Å². The molecule has 0 spiro atoms. The Balaban J connectivity index is 0.00000324. The number of aromatic hydroxyl groups is 1. The molecular formula is C18H16N7NaO6S2. The standard InChI is InChI=1S/C18H17N7O6S2.Na/c1-24-18(20-22-23-24)33-7-9-6-32-16-12(15(28)25(16)13(9)17(29)30)19-14(27)11(21-31)8-2-4-10(26)5-3-8;/h2-5,12,16,26,31H,6-7H2,1H3,(H,19,27)(H,29,30);/q;+1/p-1/t12?,16-;/m0./s1. The summed E-state index contributed by atoms with van der Waals surface area (Å²) in [7, 11) is 1.65. The number of aromatic nitrogens is 4. The number of tetrazole rings is 1. The maximum Gasteiger partial charge on any atom is 1.00 e. The fraction of sp³-hybridized carbons (Fsp3) is 0.278. The molecule has 2 atom stereocenters. The Morgan fingerprint density at radius 1 is 1.35 bits per heavy atom. The van der Waals surface area contributed by atoms with Crippen molar-refractivity contribution in [2.24, 2.45) is 12.2 Å². The Labute approximate surface area is 222 Å². The largest absolute Gasteiger partial charge is 1.00 e. The second kappa shape index (κ2) is 10.8. The number of hydrogen-bond acceptors (Lipinski definition) is 12. The van der Waals surface area contributed by atoms with Crippen LogP contribution in [0.1, 0.15) is 5.56 Å². The van der Waals surface area contributed by atoms with E-state index >= 15 is 0 Å². The molecule has 0 aliphatic carbocycles. The van der Waals surface area contributed by atoms with Gasteiger partial charge in [-0.05, 0) is 40.3 Å². The minimum absolute atomic E-state index is 0. The van der Waals surface area contributed by atoms with E-state index < -0.39 is 29.2 Å². The smallest absolute Gasteiger partial charge is 0.543 e. The van der Waals surface area contributed by atoms with Crippen molar-refractivity contribution in [3.8, 4) is 5.75 Å². The predicted octanol–water partition coefficient (Wildman–Crippen LogP) is -4.71. The van der Waals surface area contributed by atoms with Crippen molar-refractivity contribution in [2.45, 2.75) is 16.6 Å². The first-order valence-corrected chi connectivity index (χ1v) is 11.4. The van der Waals surface area contributed by atoms with Crippen molar-refractivity contribution in [3.05, 3.63) is 41.1 Å². The molecule has 1 fully saturated rings. The molecule has 2 aromatic rings. The minimum atomic E-state index is -1.49. The van der Waals surface area contributed by atoms with E-state index in [2.05, 4.69) is 26.0 Å². The van der Waals surface area contributed by atoms with E-state index in [4.69, 9.17) is 0 Å². The van der Waals surface area contributed by atoms with Gasteiger partial charge < -0.3 is 25.5 Å². The second-order valence-electron chi connectivity index (χ2n) is 6.97. The van der Waals surface area contributed by atoms with E-state index in [9.17, 15) is 29.8 Å². The molecule has 0 saturated carbocycles. The molecule has 2 amide bonds. The number of carboxylic acid groups (broad SMARTS) is 1. The molecule has 34 heavy (non-hydrogen) atoms. The van der Waals surface area contributed by atoms with Crippen LogP contribution in [0.4, 0.5) is 0 Å². The van der Waals surface area contributed by atoms with Crippen LogP contribution in [0.3, 0.4) is 0 Å². The maximum absolute atomic E-state index is 12.8. The number of nitrogens with one attached hydrogen (secondary N) is 1. The number of rotatable bonds is 7. The number of β-lactam (4-membered cyclic amide) rings is 1. The Morgan fingerprint density at radius 2 is 2.06 bits per heavy atom. The molecule has 16 heteroatoms. The van der Waals surface area contributed by atoms with Gasteiger partial charge >= 0.3 is 29.6 Å². The Bertz CT molecular complexity index is 1190. The number of thioether (sulfide) groups is 2. The number of aryl methyl sites for hydroxylation is 1. The Kier molecular flexibility index (Phi) is 8.25. The van der Waals surface area contributed by atoms with Gasteiger partial charge in [-0.25, -0.2) is 4.68 Å². The Morgan fingerprint density at radius 3 is 2.65 bits per heavy atom. The van der Waals surface area contributed by atoms with Gasteiger partial charge in [0.1, 0.15) is 17.2 Å². The number of benzene rings is 1. The summed E-state index contributed by atoms with van der Waals surface area (Å²) in [4.78, 5) is 38.3. The van der Waals surface area contributed by atoms with Gasteiger partial charge in [0.2, 0.25) is 5.16 Å². The molecule has 2 aliphatic heterocycles. The van der Waals surface area contributed by atoms with E-state index in [0.717, 1.165) is 4.90 Å². The fourth-order valence-corrected chi connectivity index (χ4v) is 5.68. The molecule has 1 aromatic carbocycles. The van der Waals surface area contributed by atoms with E-state index in [-0.39, 0.29) is 58.0 Å². The first kappa shape index (κ1) is 26.0. The van der Waals surface area contributed by atoms with Gasteiger partial charge in [-0.2, -0.15) is 0 Å². The van der Waals surface area contributed by atoms with Crippen LogP contribution in [0, 0.1) is 0 Å². The fourth-order valence-electron chi connectivity index (χ4n) is 3.34. The molecule has 3 N–H and O–H groups in total. The van der Waals surface area contributed by atoms with Crippen LogP contribution >= 0.6 is 23.5 Å². The molecule has 1 saturated heterocycles.